The lowest BCUT2D eigenvalue weighted by Crippen LogP contribution is -2.37. The van der Waals surface area contributed by atoms with E-state index in [9.17, 15) is 18.4 Å². The van der Waals surface area contributed by atoms with Crippen molar-refractivity contribution in [2.45, 2.75) is 24.8 Å². The van der Waals surface area contributed by atoms with E-state index < -0.39 is 28.5 Å². The molecule has 1 amide bonds. The van der Waals surface area contributed by atoms with Crippen LogP contribution in [0.4, 0.5) is 8.78 Å². The first-order valence-electron chi connectivity index (χ1n) is 8.60. The molecule has 28 heavy (non-hydrogen) atoms. The highest BCUT2D eigenvalue weighted by molar-refractivity contribution is 5.92. The highest BCUT2D eigenvalue weighted by Crippen LogP contribution is 2.47. The summed E-state index contributed by atoms with van der Waals surface area (Å²) in [5.41, 5.74) is -0.564. The lowest BCUT2D eigenvalue weighted by atomic mass is 9.94. The maximum absolute atomic E-state index is 14.1. The molecule has 0 saturated heterocycles. The number of carbonyl (C=O) groups is 1. The minimum absolute atomic E-state index is 0.0722. The largest absolute Gasteiger partial charge is 0.350 e. The molecule has 8 heteroatoms. The van der Waals surface area contributed by atoms with Crippen LogP contribution in [0.2, 0.25) is 0 Å². The lowest BCUT2D eigenvalue weighted by Gasteiger charge is -2.16. The maximum Gasteiger partial charge on any atom is 0.252 e. The third kappa shape index (κ3) is 2.91. The van der Waals surface area contributed by atoms with Crippen LogP contribution in [0.5, 0.6) is 0 Å². The van der Waals surface area contributed by atoms with Gasteiger partial charge in [0.25, 0.3) is 5.56 Å². The fourth-order valence-electron chi connectivity index (χ4n) is 3.30. The Balaban J connectivity index is 1.64. The van der Waals surface area contributed by atoms with Crippen LogP contribution in [0.1, 0.15) is 29.8 Å². The lowest BCUT2D eigenvalue weighted by molar-refractivity contribution is -0.123. The van der Waals surface area contributed by atoms with Crippen molar-refractivity contribution >= 4 is 16.8 Å². The number of aromatic nitrogens is 2. The third-order valence-electron chi connectivity index (χ3n) is 4.97. The maximum atomic E-state index is 14.1. The Kier molecular flexibility index (Phi) is 4.15. The van der Waals surface area contributed by atoms with Crippen LogP contribution in [0.25, 0.3) is 10.9 Å². The van der Waals surface area contributed by atoms with Gasteiger partial charge in [-0.3, -0.25) is 9.59 Å². The first-order chi connectivity index (χ1) is 13.4. The number of aromatic amines is 1. The number of fused-ring (bicyclic) bond motifs is 1. The second kappa shape index (κ2) is 6.53. The smallest absolute Gasteiger partial charge is 0.252 e. The summed E-state index contributed by atoms with van der Waals surface area (Å²) in [5, 5.41) is 11.5. The molecule has 2 aromatic heterocycles. The van der Waals surface area contributed by atoms with Crippen molar-refractivity contribution in [2.75, 3.05) is 0 Å². The number of nitrogens with one attached hydrogen (secondary N) is 2. The molecular formula is C20H14F2N4O2. The number of nitrogens with zero attached hydrogens (tertiary/aromatic N) is 2. The molecule has 1 aromatic carbocycles. The van der Waals surface area contributed by atoms with Crippen molar-refractivity contribution in [1.82, 2.24) is 15.3 Å². The second-order valence-corrected chi connectivity index (χ2v) is 6.73. The average molecular weight is 380 g/mol. The van der Waals surface area contributed by atoms with Gasteiger partial charge in [-0.05, 0) is 43.2 Å². The predicted molar refractivity (Wildman–Crippen MR) is 96.2 cm³/mol. The van der Waals surface area contributed by atoms with Crippen LogP contribution in [0.15, 0.2) is 41.2 Å². The number of amides is 1. The van der Waals surface area contributed by atoms with E-state index >= 15 is 0 Å². The van der Waals surface area contributed by atoms with Crippen molar-refractivity contribution in [3.8, 4) is 6.07 Å². The SMILES string of the molecule is N#Cc1cccc(CNC(=O)C2(c3cc4c(F)c(F)ccc4[nH]c3=O)CC2)n1. The molecule has 6 nitrogen and oxygen atoms in total. The molecule has 1 aliphatic carbocycles. The molecule has 1 aliphatic rings. The number of hydrogen-bond donors (Lipinski definition) is 2. The topological polar surface area (TPSA) is 98.6 Å². The normalized spacial score (nSPS) is 14.5. The summed E-state index contributed by atoms with van der Waals surface area (Å²) in [6, 6.07) is 10.3. The zero-order valence-electron chi connectivity index (χ0n) is 14.6. The molecule has 2 N–H and O–H groups in total. The van der Waals surface area contributed by atoms with Gasteiger partial charge in [0.15, 0.2) is 11.6 Å². The van der Waals surface area contributed by atoms with Crippen molar-refractivity contribution < 1.29 is 13.6 Å². The van der Waals surface area contributed by atoms with Gasteiger partial charge in [0.2, 0.25) is 5.91 Å². The molecule has 1 fully saturated rings. The quantitative estimate of drug-likeness (QED) is 0.726. The average Bonchev–Trinajstić information content (AvgIpc) is 3.51. The summed E-state index contributed by atoms with van der Waals surface area (Å²) >= 11 is 0. The van der Waals surface area contributed by atoms with Gasteiger partial charge in [0, 0.05) is 10.9 Å². The molecule has 2 heterocycles. The van der Waals surface area contributed by atoms with E-state index in [2.05, 4.69) is 15.3 Å². The van der Waals surface area contributed by atoms with Gasteiger partial charge in [-0.2, -0.15) is 5.26 Å². The first kappa shape index (κ1) is 17.8. The zero-order chi connectivity index (χ0) is 19.9. The van der Waals surface area contributed by atoms with Crippen LogP contribution >= 0.6 is 0 Å². The zero-order valence-corrected chi connectivity index (χ0v) is 14.6. The molecule has 0 bridgehead atoms. The standard InChI is InChI=1S/C20H14F2N4O2/c21-15-4-5-16-13(17(15)22)8-14(18(27)26-16)20(6-7-20)19(28)24-10-12-3-1-2-11(9-23)25-12/h1-5,8H,6-7,10H2,(H,24,28)(H,26,27). The van der Waals surface area contributed by atoms with E-state index in [0.717, 1.165) is 6.07 Å². The van der Waals surface area contributed by atoms with Crippen LogP contribution in [0.3, 0.4) is 0 Å². The van der Waals surface area contributed by atoms with E-state index in [1.54, 1.807) is 18.2 Å². The number of hydrogen-bond acceptors (Lipinski definition) is 4. The minimum atomic E-state index is -1.08. The molecule has 0 aliphatic heterocycles. The fraction of sp³-hybridized carbons (Fsp3) is 0.200. The van der Waals surface area contributed by atoms with E-state index in [-0.39, 0.29) is 28.7 Å². The van der Waals surface area contributed by atoms with Crippen LogP contribution in [-0.4, -0.2) is 15.9 Å². The molecule has 0 unspecified atom stereocenters. The number of benzene rings is 1. The summed E-state index contributed by atoms with van der Waals surface area (Å²) < 4.78 is 27.7. The summed E-state index contributed by atoms with van der Waals surface area (Å²) in [6.45, 7) is 0.0879. The molecule has 1 saturated carbocycles. The van der Waals surface area contributed by atoms with E-state index in [1.165, 1.54) is 12.1 Å². The van der Waals surface area contributed by atoms with Gasteiger partial charge >= 0.3 is 0 Å². The Bertz CT molecular complexity index is 1210. The van der Waals surface area contributed by atoms with Crippen LogP contribution < -0.4 is 10.9 Å². The Hall–Kier alpha value is -3.60. The van der Waals surface area contributed by atoms with E-state index in [1.807, 2.05) is 6.07 Å². The van der Waals surface area contributed by atoms with Crippen molar-refractivity contribution in [1.29, 1.82) is 5.26 Å². The number of H-pyrrole nitrogens is 1. The van der Waals surface area contributed by atoms with E-state index in [4.69, 9.17) is 5.26 Å². The number of halogens is 2. The highest BCUT2D eigenvalue weighted by Gasteiger charge is 2.53. The Morgan fingerprint density at radius 3 is 2.79 bits per heavy atom. The number of rotatable bonds is 4. The monoisotopic (exact) mass is 380 g/mol. The van der Waals surface area contributed by atoms with Gasteiger partial charge in [0.1, 0.15) is 11.8 Å². The summed E-state index contributed by atoms with van der Waals surface area (Å²) in [6.07, 6.45) is 0.853. The minimum Gasteiger partial charge on any atom is -0.350 e. The van der Waals surface area contributed by atoms with Gasteiger partial charge < -0.3 is 10.3 Å². The summed E-state index contributed by atoms with van der Waals surface area (Å²) in [4.78, 5) is 31.9. The second-order valence-electron chi connectivity index (χ2n) is 6.73. The van der Waals surface area contributed by atoms with Gasteiger partial charge in [-0.25, -0.2) is 13.8 Å². The van der Waals surface area contributed by atoms with Crippen LogP contribution in [0, 0.1) is 23.0 Å². The van der Waals surface area contributed by atoms with E-state index in [0.29, 0.717) is 18.5 Å². The number of carbonyl (C=O) groups excluding carboxylic acids is 1. The first-order valence-corrected chi connectivity index (χ1v) is 8.60. The predicted octanol–water partition coefficient (Wildman–Crippen LogP) is 2.42. The van der Waals surface area contributed by atoms with Crippen molar-refractivity contribution in [3.05, 3.63) is 75.3 Å². The Labute approximate surface area is 157 Å². The molecule has 0 radical (unpaired) electrons. The van der Waals surface area contributed by atoms with Crippen molar-refractivity contribution in [2.24, 2.45) is 0 Å². The molecule has 3 aromatic rings. The van der Waals surface area contributed by atoms with Crippen LogP contribution in [-0.2, 0) is 16.8 Å². The van der Waals surface area contributed by atoms with Crippen molar-refractivity contribution in [3.63, 3.8) is 0 Å². The Morgan fingerprint density at radius 1 is 1.29 bits per heavy atom. The fourth-order valence-corrected chi connectivity index (χ4v) is 3.30. The van der Waals surface area contributed by atoms with Gasteiger partial charge in [-0.15, -0.1) is 0 Å². The number of nitriles is 1. The van der Waals surface area contributed by atoms with Gasteiger partial charge in [0.05, 0.1) is 23.2 Å². The third-order valence-corrected chi connectivity index (χ3v) is 4.97. The molecule has 0 atom stereocenters. The van der Waals surface area contributed by atoms with Gasteiger partial charge in [-0.1, -0.05) is 6.07 Å². The summed E-state index contributed by atoms with van der Waals surface area (Å²) in [5.74, 6) is -2.48. The highest BCUT2D eigenvalue weighted by atomic mass is 19.2. The Morgan fingerprint density at radius 2 is 2.07 bits per heavy atom. The molecular weight excluding hydrogens is 366 g/mol. The molecule has 4 rings (SSSR count). The summed E-state index contributed by atoms with van der Waals surface area (Å²) in [7, 11) is 0. The number of pyridine rings is 2. The molecule has 140 valence electrons. The molecule has 0 spiro atoms.